The van der Waals surface area contributed by atoms with Gasteiger partial charge >= 0.3 is 5.82 Å². The van der Waals surface area contributed by atoms with Crippen LogP contribution in [0.4, 0.5) is 5.82 Å². The molecule has 0 aliphatic heterocycles. The van der Waals surface area contributed by atoms with Gasteiger partial charge < -0.3 is 15.4 Å². The SMILES string of the molecule is CC(C)(CCBr)CNC(=O)c1ccc([N+](=O)[O-])[nH]1. The van der Waals surface area contributed by atoms with E-state index in [2.05, 4.69) is 26.2 Å². The molecule has 0 spiro atoms. The topological polar surface area (TPSA) is 88.0 Å². The third-order valence-electron chi connectivity index (χ3n) is 2.61. The van der Waals surface area contributed by atoms with Crippen molar-refractivity contribution in [1.29, 1.82) is 0 Å². The second kappa shape index (κ2) is 5.99. The maximum absolute atomic E-state index is 11.8. The van der Waals surface area contributed by atoms with E-state index in [-0.39, 0.29) is 22.8 Å². The molecule has 1 aromatic heterocycles. The standard InChI is InChI=1S/C11H16BrN3O3/c1-11(2,5-6-12)7-13-10(16)8-3-4-9(14-8)15(17)18/h3-4,14H,5-7H2,1-2H3,(H,13,16). The second-order valence-corrected chi connectivity index (χ2v) is 5.59. The highest BCUT2D eigenvalue weighted by atomic mass is 79.9. The number of hydrogen-bond acceptors (Lipinski definition) is 3. The first kappa shape index (κ1) is 14.7. The zero-order valence-electron chi connectivity index (χ0n) is 10.3. The van der Waals surface area contributed by atoms with E-state index >= 15 is 0 Å². The van der Waals surface area contributed by atoms with E-state index in [9.17, 15) is 14.9 Å². The largest absolute Gasteiger partial charge is 0.358 e. The number of H-pyrrole nitrogens is 1. The van der Waals surface area contributed by atoms with E-state index in [1.54, 1.807) is 0 Å². The van der Waals surface area contributed by atoms with E-state index in [1.165, 1.54) is 12.1 Å². The van der Waals surface area contributed by atoms with E-state index in [0.717, 1.165) is 11.8 Å². The average Bonchev–Trinajstić information content (AvgIpc) is 2.75. The van der Waals surface area contributed by atoms with Crippen molar-refractivity contribution in [1.82, 2.24) is 10.3 Å². The summed E-state index contributed by atoms with van der Waals surface area (Å²) in [5, 5.41) is 14.1. The smallest absolute Gasteiger partial charge is 0.321 e. The molecule has 0 aliphatic carbocycles. The number of carbonyl (C=O) groups excluding carboxylic acids is 1. The zero-order chi connectivity index (χ0) is 13.8. The Labute approximate surface area is 113 Å². The van der Waals surface area contributed by atoms with Crippen molar-refractivity contribution < 1.29 is 9.72 Å². The highest BCUT2D eigenvalue weighted by molar-refractivity contribution is 9.09. The number of nitro groups is 1. The normalized spacial score (nSPS) is 11.3. The van der Waals surface area contributed by atoms with Gasteiger partial charge in [0.2, 0.25) is 0 Å². The van der Waals surface area contributed by atoms with Gasteiger partial charge in [-0.2, -0.15) is 0 Å². The van der Waals surface area contributed by atoms with E-state index in [1.807, 2.05) is 13.8 Å². The Hall–Kier alpha value is -1.37. The van der Waals surface area contributed by atoms with Crippen LogP contribution in [-0.4, -0.2) is 27.7 Å². The van der Waals surface area contributed by atoms with Crippen LogP contribution in [-0.2, 0) is 0 Å². The molecular formula is C11H16BrN3O3. The van der Waals surface area contributed by atoms with Crippen molar-refractivity contribution in [2.24, 2.45) is 5.41 Å². The number of aromatic nitrogens is 1. The number of carbonyl (C=O) groups is 1. The van der Waals surface area contributed by atoms with Crippen LogP contribution in [0.25, 0.3) is 0 Å². The Morgan fingerprint density at radius 3 is 2.72 bits per heavy atom. The molecule has 0 fully saturated rings. The molecule has 100 valence electrons. The minimum atomic E-state index is -0.564. The molecule has 7 heteroatoms. The van der Waals surface area contributed by atoms with Crippen LogP contribution in [0.15, 0.2) is 12.1 Å². The first-order valence-corrected chi connectivity index (χ1v) is 6.65. The monoisotopic (exact) mass is 317 g/mol. The van der Waals surface area contributed by atoms with Crippen LogP contribution in [0.2, 0.25) is 0 Å². The molecule has 18 heavy (non-hydrogen) atoms. The summed E-state index contributed by atoms with van der Waals surface area (Å²) in [5.41, 5.74) is 0.189. The van der Waals surface area contributed by atoms with Crippen LogP contribution >= 0.6 is 15.9 Å². The van der Waals surface area contributed by atoms with Gasteiger partial charge in [0.15, 0.2) is 5.69 Å². The van der Waals surface area contributed by atoms with Crippen LogP contribution in [0.3, 0.4) is 0 Å². The number of rotatable bonds is 6. The van der Waals surface area contributed by atoms with Crippen LogP contribution in [0.1, 0.15) is 30.8 Å². The molecule has 1 heterocycles. The molecule has 6 nitrogen and oxygen atoms in total. The lowest BCUT2D eigenvalue weighted by Gasteiger charge is -2.23. The quantitative estimate of drug-likeness (QED) is 0.480. The number of halogens is 1. The first-order chi connectivity index (χ1) is 8.35. The molecule has 0 radical (unpaired) electrons. The van der Waals surface area contributed by atoms with Crippen molar-refractivity contribution in [3.05, 3.63) is 27.9 Å². The van der Waals surface area contributed by atoms with Crippen LogP contribution < -0.4 is 5.32 Å². The van der Waals surface area contributed by atoms with E-state index in [0.29, 0.717) is 6.54 Å². The van der Waals surface area contributed by atoms with Crippen molar-refractivity contribution in [3.63, 3.8) is 0 Å². The van der Waals surface area contributed by atoms with Gasteiger partial charge in [-0.15, -0.1) is 0 Å². The van der Waals surface area contributed by atoms with E-state index in [4.69, 9.17) is 0 Å². The fourth-order valence-corrected chi connectivity index (χ4v) is 2.45. The molecule has 0 unspecified atom stereocenters. The Kier molecular flexibility index (Phi) is 4.89. The first-order valence-electron chi connectivity index (χ1n) is 5.53. The Balaban J connectivity index is 2.57. The summed E-state index contributed by atoms with van der Waals surface area (Å²) in [6.07, 6.45) is 0.929. The number of aromatic amines is 1. The fourth-order valence-electron chi connectivity index (χ4n) is 1.38. The fraction of sp³-hybridized carbons (Fsp3) is 0.545. The van der Waals surface area contributed by atoms with Crippen molar-refractivity contribution >= 4 is 27.7 Å². The number of nitrogens with zero attached hydrogens (tertiary/aromatic N) is 1. The molecule has 1 rings (SSSR count). The molecule has 1 amide bonds. The number of nitrogens with one attached hydrogen (secondary N) is 2. The lowest BCUT2D eigenvalue weighted by atomic mass is 9.90. The highest BCUT2D eigenvalue weighted by Crippen LogP contribution is 2.20. The minimum Gasteiger partial charge on any atom is -0.358 e. The summed E-state index contributed by atoms with van der Waals surface area (Å²) >= 11 is 3.36. The molecule has 0 saturated carbocycles. The third-order valence-corrected chi connectivity index (χ3v) is 3.01. The average molecular weight is 318 g/mol. The minimum absolute atomic E-state index is 0.0162. The third kappa shape index (κ3) is 4.14. The summed E-state index contributed by atoms with van der Waals surface area (Å²) < 4.78 is 0. The van der Waals surface area contributed by atoms with Gasteiger partial charge in [0.05, 0.1) is 0 Å². The van der Waals surface area contributed by atoms with Crippen molar-refractivity contribution in [3.8, 4) is 0 Å². The van der Waals surface area contributed by atoms with Gasteiger partial charge in [-0.25, -0.2) is 4.98 Å². The molecule has 2 N–H and O–H groups in total. The summed E-state index contributed by atoms with van der Waals surface area (Å²) in [4.78, 5) is 24.1. The second-order valence-electron chi connectivity index (χ2n) is 4.80. The maximum atomic E-state index is 11.8. The van der Waals surface area contributed by atoms with Gasteiger partial charge in [-0.1, -0.05) is 29.8 Å². The molecule has 0 saturated heterocycles. The summed E-state index contributed by atoms with van der Waals surface area (Å²) in [7, 11) is 0. The van der Waals surface area contributed by atoms with Crippen molar-refractivity contribution in [2.75, 3.05) is 11.9 Å². The predicted octanol–water partition coefficient (Wildman–Crippen LogP) is 2.46. The van der Waals surface area contributed by atoms with Gasteiger partial charge in [-0.3, -0.25) is 4.79 Å². The molecular weight excluding hydrogens is 302 g/mol. The zero-order valence-corrected chi connectivity index (χ0v) is 11.9. The van der Waals surface area contributed by atoms with Gasteiger partial charge in [0, 0.05) is 17.9 Å². The molecule has 0 atom stereocenters. The summed E-state index contributed by atoms with van der Waals surface area (Å²) in [6.45, 7) is 4.61. The Morgan fingerprint density at radius 1 is 1.56 bits per heavy atom. The summed E-state index contributed by atoms with van der Waals surface area (Å²) in [5.74, 6) is -0.509. The predicted molar refractivity (Wildman–Crippen MR) is 72.0 cm³/mol. The number of hydrogen-bond donors (Lipinski definition) is 2. The maximum Gasteiger partial charge on any atom is 0.321 e. The van der Waals surface area contributed by atoms with Gasteiger partial charge in [0.25, 0.3) is 5.91 Å². The van der Waals surface area contributed by atoms with Gasteiger partial charge in [0.1, 0.15) is 0 Å². The number of alkyl halides is 1. The summed E-state index contributed by atoms with van der Waals surface area (Å²) in [6, 6.07) is 2.68. The molecule has 0 aromatic carbocycles. The lowest BCUT2D eigenvalue weighted by Crippen LogP contribution is -2.34. The van der Waals surface area contributed by atoms with Crippen LogP contribution in [0.5, 0.6) is 0 Å². The van der Waals surface area contributed by atoms with Crippen molar-refractivity contribution in [2.45, 2.75) is 20.3 Å². The number of amides is 1. The van der Waals surface area contributed by atoms with E-state index < -0.39 is 4.92 Å². The Morgan fingerprint density at radius 2 is 2.22 bits per heavy atom. The molecule has 0 bridgehead atoms. The van der Waals surface area contributed by atoms with Gasteiger partial charge in [-0.05, 0) is 22.8 Å². The Bertz CT molecular complexity index is 442. The van der Waals surface area contributed by atoms with Crippen LogP contribution in [0, 0.1) is 15.5 Å². The molecule has 1 aromatic rings. The lowest BCUT2D eigenvalue weighted by molar-refractivity contribution is -0.389. The molecule has 0 aliphatic rings. The highest BCUT2D eigenvalue weighted by Gasteiger charge is 2.20.